The smallest absolute Gasteiger partial charge is 0.334 e. The van der Waals surface area contributed by atoms with Crippen molar-refractivity contribution in [3.63, 3.8) is 0 Å². The van der Waals surface area contributed by atoms with Gasteiger partial charge in [-0.3, -0.25) is 0 Å². The molecule has 0 aliphatic rings. The molecule has 0 atom stereocenters. The lowest BCUT2D eigenvalue weighted by atomic mass is 10.2. The minimum Gasteiger partial charge on any atom is -0.488 e. The highest BCUT2D eigenvalue weighted by Crippen LogP contribution is 2.32. The second-order valence-corrected chi connectivity index (χ2v) is 5.86. The van der Waals surface area contributed by atoms with Crippen LogP contribution in [-0.2, 0) is 16.8 Å². The van der Waals surface area contributed by atoms with Crippen LogP contribution in [0.25, 0.3) is 10.9 Å². The van der Waals surface area contributed by atoms with Crippen LogP contribution in [0.3, 0.4) is 0 Å². The minimum absolute atomic E-state index is 0.232. The fraction of sp³-hybridized carbons (Fsp3) is 0.0667. The van der Waals surface area contributed by atoms with Crippen LogP contribution in [0.4, 0.5) is 3.89 Å². The fourth-order valence-corrected chi connectivity index (χ4v) is 2.82. The Balaban J connectivity index is 2.00. The number of hydrogen-bond acceptors (Lipinski definition) is 3. The number of halogens is 1. The molecule has 0 saturated heterocycles. The lowest BCUT2D eigenvalue weighted by Gasteiger charge is -2.08. The molecule has 3 aromatic rings. The normalized spacial score (nSPS) is 11.7. The van der Waals surface area contributed by atoms with E-state index >= 15 is 0 Å². The molecule has 0 aliphatic carbocycles. The third-order valence-electron chi connectivity index (χ3n) is 3.13. The van der Waals surface area contributed by atoms with E-state index < -0.39 is 15.1 Å². The number of benzene rings is 2. The maximum Gasteiger partial charge on any atom is 0.334 e. The maximum absolute atomic E-state index is 13.3. The average Bonchev–Trinajstić information content (AvgIpc) is 2.91. The summed E-state index contributed by atoms with van der Waals surface area (Å²) < 4.78 is 41.4. The molecular weight excluding hydrogens is 293 g/mol. The van der Waals surface area contributed by atoms with Crippen molar-refractivity contribution in [1.82, 2.24) is 4.98 Å². The predicted molar refractivity (Wildman–Crippen MR) is 77.4 cm³/mol. The van der Waals surface area contributed by atoms with Crippen LogP contribution in [-0.4, -0.2) is 13.4 Å². The monoisotopic (exact) mass is 305 g/mol. The van der Waals surface area contributed by atoms with E-state index in [1.165, 1.54) is 0 Å². The van der Waals surface area contributed by atoms with Crippen molar-refractivity contribution in [2.24, 2.45) is 0 Å². The topological polar surface area (TPSA) is 59.2 Å². The molecule has 21 heavy (non-hydrogen) atoms. The summed E-state index contributed by atoms with van der Waals surface area (Å²) in [6, 6.07) is 14.4. The lowest BCUT2D eigenvalue weighted by molar-refractivity contribution is 0.309. The first-order valence-electron chi connectivity index (χ1n) is 6.27. The van der Waals surface area contributed by atoms with Crippen LogP contribution in [0.1, 0.15) is 5.56 Å². The number of rotatable bonds is 4. The van der Waals surface area contributed by atoms with E-state index in [9.17, 15) is 12.3 Å². The van der Waals surface area contributed by atoms with Crippen LogP contribution >= 0.6 is 0 Å². The standard InChI is InChI=1S/C15H12FNO3S/c16-21(18,19)14-9-17-12-7-4-8-13(15(12)14)20-10-11-5-2-1-3-6-11/h1-9,17H,10H2. The van der Waals surface area contributed by atoms with Gasteiger partial charge in [0.15, 0.2) is 0 Å². The number of nitrogens with one attached hydrogen (secondary N) is 1. The van der Waals surface area contributed by atoms with Crippen molar-refractivity contribution in [1.29, 1.82) is 0 Å². The molecule has 0 unspecified atom stereocenters. The first-order chi connectivity index (χ1) is 10.1. The van der Waals surface area contributed by atoms with Gasteiger partial charge < -0.3 is 9.72 Å². The number of fused-ring (bicyclic) bond motifs is 1. The van der Waals surface area contributed by atoms with Gasteiger partial charge in [-0.1, -0.05) is 36.4 Å². The Morgan fingerprint density at radius 3 is 2.52 bits per heavy atom. The summed E-state index contributed by atoms with van der Waals surface area (Å²) in [6.45, 7) is 0.275. The van der Waals surface area contributed by atoms with Crippen LogP contribution in [0.15, 0.2) is 59.6 Å². The van der Waals surface area contributed by atoms with Gasteiger partial charge in [-0.25, -0.2) is 0 Å². The van der Waals surface area contributed by atoms with Gasteiger partial charge in [0.2, 0.25) is 0 Å². The predicted octanol–water partition coefficient (Wildman–Crippen LogP) is 3.41. The number of ether oxygens (including phenoxy) is 1. The number of aromatic nitrogens is 1. The van der Waals surface area contributed by atoms with Crippen molar-refractivity contribution in [2.45, 2.75) is 11.5 Å². The van der Waals surface area contributed by atoms with Crippen molar-refractivity contribution in [3.05, 3.63) is 60.3 Å². The third-order valence-corrected chi connectivity index (χ3v) is 3.98. The zero-order chi connectivity index (χ0) is 14.9. The van der Waals surface area contributed by atoms with E-state index in [1.807, 2.05) is 30.3 Å². The Bertz CT molecular complexity index is 872. The van der Waals surface area contributed by atoms with E-state index in [0.29, 0.717) is 11.3 Å². The largest absolute Gasteiger partial charge is 0.488 e. The second kappa shape index (κ2) is 5.21. The fourth-order valence-electron chi connectivity index (χ4n) is 2.17. The summed E-state index contributed by atoms with van der Waals surface area (Å²) in [5.41, 5.74) is 1.45. The molecule has 1 aromatic heterocycles. The first-order valence-corrected chi connectivity index (χ1v) is 7.65. The average molecular weight is 305 g/mol. The first kappa shape index (κ1) is 13.6. The van der Waals surface area contributed by atoms with Gasteiger partial charge in [0.05, 0.1) is 10.9 Å². The Morgan fingerprint density at radius 2 is 1.81 bits per heavy atom. The Kier molecular flexibility index (Phi) is 3.39. The molecule has 3 rings (SSSR count). The van der Waals surface area contributed by atoms with Crippen molar-refractivity contribution < 1.29 is 17.0 Å². The number of H-pyrrole nitrogens is 1. The second-order valence-electron chi connectivity index (χ2n) is 4.54. The van der Waals surface area contributed by atoms with Crippen molar-refractivity contribution in [2.75, 3.05) is 0 Å². The quantitative estimate of drug-likeness (QED) is 0.751. The molecule has 1 heterocycles. The van der Waals surface area contributed by atoms with E-state index in [0.717, 1.165) is 11.8 Å². The lowest BCUT2D eigenvalue weighted by Crippen LogP contribution is -1.97. The molecule has 0 spiro atoms. The molecule has 2 aromatic carbocycles. The Morgan fingerprint density at radius 1 is 1.05 bits per heavy atom. The van der Waals surface area contributed by atoms with Crippen LogP contribution in [0, 0.1) is 0 Å². The third kappa shape index (κ3) is 2.75. The molecule has 0 amide bonds. The van der Waals surface area contributed by atoms with E-state index in [4.69, 9.17) is 4.74 Å². The van der Waals surface area contributed by atoms with Gasteiger partial charge in [-0.2, -0.15) is 8.42 Å². The van der Waals surface area contributed by atoms with Gasteiger partial charge in [0, 0.05) is 6.20 Å². The Hall–Kier alpha value is -2.34. The molecule has 0 radical (unpaired) electrons. The van der Waals surface area contributed by atoms with Gasteiger partial charge in [-0.15, -0.1) is 3.89 Å². The van der Waals surface area contributed by atoms with Gasteiger partial charge in [0.25, 0.3) is 0 Å². The number of hydrogen-bond donors (Lipinski definition) is 1. The van der Waals surface area contributed by atoms with Crippen LogP contribution in [0.2, 0.25) is 0 Å². The molecule has 0 aliphatic heterocycles. The van der Waals surface area contributed by atoms with Gasteiger partial charge in [0.1, 0.15) is 17.3 Å². The summed E-state index contributed by atoms with van der Waals surface area (Å²) in [6.07, 6.45) is 1.13. The Labute approximate surface area is 121 Å². The van der Waals surface area contributed by atoms with Crippen molar-refractivity contribution in [3.8, 4) is 5.75 Å². The molecule has 108 valence electrons. The number of aromatic amines is 1. The highest BCUT2D eigenvalue weighted by molar-refractivity contribution is 7.86. The summed E-state index contributed by atoms with van der Waals surface area (Å²) >= 11 is 0. The summed E-state index contributed by atoms with van der Waals surface area (Å²) in [5, 5.41) is 0.232. The molecule has 0 fully saturated rings. The van der Waals surface area contributed by atoms with Gasteiger partial charge >= 0.3 is 10.2 Å². The minimum atomic E-state index is -4.80. The maximum atomic E-state index is 13.3. The molecular formula is C15H12FNO3S. The summed E-state index contributed by atoms with van der Waals surface area (Å²) in [4.78, 5) is 2.33. The molecule has 4 nitrogen and oxygen atoms in total. The zero-order valence-electron chi connectivity index (χ0n) is 10.9. The van der Waals surface area contributed by atoms with Gasteiger partial charge in [-0.05, 0) is 17.7 Å². The zero-order valence-corrected chi connectivity index (χ0v) is 11.7. The van der Waals surface area contributed by atoms with E-state index in [2.05, 4.69) is 4.98 Å². The molecule has 0 saturated carbocycles. The van der Waals surface area contributed by atoms with Crippen LogP contribution in [0.5, 0.6) is 5.75 Å². The molecule has 1 N–H and O–H groups in total. The summed E-state index contributed by atoms with van der Waals surface area (Å²) in [7, 11) is -4.80. The van der Waals surface area contributed by atoms with E-state index in [-0.39, 0.29) is 12.0 Å². The van der Waals surface area contributed by atoms with Crippen LogP contribution < -0.4 is 4.74 Å². The SMILES string of the molecule is O=S(=O)(F)c1c[nH]c2cccc(OCc3ccccc3)c12. The molecule has 0 bridgehead atoms. The van der Waals surface area contributed by atoms with E-state index in [1.54, 1.807) is 18.2 Å². The highest BCUT2D eigenvalue weighted by Gasteiger charge is 2.20. The van der Waals surface area contributed by atoms with Crippen molar-refractivity contribution >= 4 is 21.1 Å². The highest BCUT2D eigenvalue weighted by atomic mass is 32.3. The summed E-state index contributed by atoms with van der Waals surface area (Å²) in [5.74, 6) is 0.328. The molecule has 6 heteroatoms.